The zero-order valence-corrected chi connectivity index (χ0v) is 14.8. The van der Waals surface area contributed by atoms with Crippen LogP contribution in [0.2, 0.25) is 5.02 Å². The van der Waals surface area contributed by atoms with Crippen LogP contribution in [-0.2, 0) is 9.59 Å². The maximum Gasteiger partial charge on any atom is 0.329 e. The molecule has 2 amide bonds. The molecule has 0 aliphatic heterocycles. The molecule has 0 saturated heterocycles. The van der Waals surface area contributed by atoms with Crippen molar-refractivity contribution in [2.24, 2.45) is 5.10 Å². The van der Waals surface area contributed by atoms with Crippen molar-refractivity contribution < 1.29 is 19.4 Å². The van der Waals surface area contributed by atoms with Gasteiger partial charge in [-0.2, -0.15) is 5.10 Å². The number of nitrogens with one attached hydrogen (secondary N) is 2. The van der Waals surface area contributed by atoms with Gasteiger partial charge < -0.3 is 15.2 Å². The molecule has 0 heterocycles. The molecule has 2 aromatic rings. The van der Waals surface area contributed by atoms with E-state index in [0.717, 1.165) is 6.42 Å². The number of benzene rings is 2. The molecule has 0 atom stereocenters. The fraction of sp³-hybridized carbons (Fsp3) is 0.167. The minimum atomic E-state index is -0.919. The van der Waals surface area contributed by atoms with Crippen molar-refractivity contribution in [1.82, 2.24) is 5.43 Å². The van der Waals surface area contributed by atoms with Crippen LogP contribution in [0.5, 0.6) is 11.5 Å². The number of hydrazone groups is 1. The maximum atomic E-state index is 11.8. The van der Waals surface area contributed by atoms with E-state index in [9.17, 15) is 14.7 Å². The number of hydrogen-bond acceptors (Lipinski definition) is 5. The Bertz CT molecular complexity index is 807. The van der Waals surface area contributed by atoms with E-state index < -0.39 is 11.8 Å². The Morgan fingerprint density at radius 2 is 1.92 bits per heavy atom. The minimum absolute atomic E-state index is 0.0571. The Balaban J connectivity index is 1.86. The van der Waals surface area contributed by atoms with Crippen LogP contribution in [0.15, 0.2) is 47.6 Å². The molecule has 0 aliphatic carbocycles. The third-order valence-corrected chi connectivity index (χ3v) is 3.45. The second-order valence-corrected chi connectivity index (χ2v) is 5.64. The van der Waals surface area contributed by atoms with E-state index in [1.54, 1.807) is 30.3 Å². The summed E-state index contributed by atoms with van der Waals surface area (Å²) in [5, 5.41) is 15.6. The predicted octanol–water partition coefficient (Wildman–Crippen LogP) is 2.92. The molecule has 0 aromatic heterocycles. The van der Waals surface area contributed by atoms with Gasteiger partial charge in [-0.05, 0) is 54.4 Å². The molecular formula is C18H18ClN3O4. The average molecular weight is 376 g/mol. The highest BCUT2D eigenvalue weighted by atomic mass is 35.5. The number of aromatic hydroxyl groups is 1. The van der Waals surface area contributed by atoms with Crippen LogP contribution in [0.4, 0.5) is 5.69 Å². The van der Waals surface area contributed by atoms with E-state index in [4.69, 9.17) is 16.3 Å². The third-order valence-electron chi connectivity index (χ3n) is 3.14. The van der Waals surface area contributed by atoms with Gasteiger partial charge in [0.2, 0.25) is 0 Å². The van der Waals surface area contributed by atoms with Gasteiger partial charge in [0.1, 0.15) is 11.5 Å². The van der Waals surface area contributed by atoms with Crippen LogP contribution in [0.1, 0.15) is 18.9 Å². The number of phenols is 1. The number of amides is 2. The largest absolute Gasteiger partial charge is 0.506 e. The van der Waals surface area contributed by atoms with E-state index in [2.05, 4.69) is 15.8 Å². The highest BCUT2D eigenvalue weighted by Gasteiger charge is 2.12. The van der Waals surface area contributed by atoms with E-state index in [1.165, 1.54) is 18.3 Å². The smallest absolute Gasteiger partial charge is 0.329 e. The van der Waals surface area contributed by atoms with Gasteiger partial charge in [-0.3, -0.25) is 9.59 Å². The lowest BCUT2D eigenvalue weighted by molar-refractivity contribution is -0.136. The van der Waals surface area contributed by atoms with Crippen LogP contribution in [-0.4, -0.2) is 29.7 Å². The molecule has 0 aliphatic rings. The fourth-order valence-electron chi connectivity index (χ4n) is 1.86. The summed E-state index contributed by atoms with van der Waals surface area (Å²) >= 11 is 5.76. The summed E-state index contributed by atoms with van der Waals surface area (Å²) in [7, 11) is 0. The summed E-state index contributed by atoms with van der Waals surface area (Å²) in [5.41, 5.74) is 3.13. The summed E-state index contributed by atoms with van der Waals surface area (Å²) in [4.78, 5) is 23.6. The number of nitrogens with zero attached hydrogens (tertiary/aromatic N) is 1. The molecule has 3 N–H and O–H groups in total. The van der Waals surface area contributed by atoms with Crippen LogP contribution in [0.25, 0.3) is 0 Å². The van der Waals surface area contributed by atoms with Gasteiger partial charge in [0.15, 0.2) is 0 Å². The zero-order chi connectivity index (χ0) is 18.9. The molecule has 0 fully saturated rings. The summed E-state index contributed by atoms with van der Waals surface area (Å²) < 4.78 is 5.44. The van der Waals surface area contributed by atoms with Gasteiger partial charge in [0.25, 0.3) is 0 Å². The van der Waals surface area contributed by atoms with Crippen LogP contribution < -0.4 is 15.5 Å². The van der Waals surface area contributed by atoms with E-state index in [-0.39, 0.29) is 10.8 Å². The predicted molar refractivity (Wildman–Crippen MR) is 99.7 cm³/mol. The van der Waals surface area contributed by atoms with Crippen LogP contribution in [0.3, 0.4) is 0 Å². The Kier molecular flexibility index (Phi) is 6.99. The standard InChI is InChI=1S/C18H18ClN3O4/c1-2-9-26-14-6-4-13(5-7-14)21-17(24)18(25)22-20-11-12-3-8-16(23)15(19)10-12/h3-8,10-11,23H,2,9H2,1H3,(H,21,24)(H,22,25)/b20-11-. The van der Waals surface area contributed by atoms with Crippen molar-refractivity contribution >= 4 is 35.3 Å². The number of carbonyl (C=O) groups excluding carboxylic acids is 2. The first-order valence-electron chi connectivity index (χ1n) is 7.85. The van der Waals surface area contributed by atoms with E-state index in [1.807, 2.05) is 6.92 Å². The normalized spacial score (nSPS) is 10.5. The van der Waals surface area contributed by atoms with E-state index in [0.29, 0.717) is 23.6 Å². The molecule has 0 radical (unpaired) electrons. The number of anilines is 1. The van der Waals surface area contributed by atoms with E-state index >= 15 is 0 Å². The van der Waals surface area contributed by atoms with Gasteiger partial charge in [0.05, 0.1) is 17.8 Å². The molecule has 26 heavy (non-hydrogen) atoms. The van der Waals surface area contributed by atoms with Crippen molar-refractivity contribution in [2.45, 2.75) is 13.3 Å². The number of halogens is 1. The molecular weight excluding hydrogens is 358 g/mol. The lowest BCUT2D eigenvalue weighted by Crippen LogP contribution is -2.32. The molecule has 8 heteroatoms. The third kappa shape index (κ3) is 5.78. The summed E-state index contributed by atoms with van der Waals surface area (Å²) in [6, 6.07) is 11.1. The first-order valence-corrected chi connectivity index (χ1v) is 8.23. The highest BCUT2D eigenvalue weighted by molar-refractivity contribution is 6.39. The molecule has 0 bridgehead atoms. The Morgan fingerprint density at radius 1 is 1.19 bits per heavy atom. The number of hydrogen-bond donors (Lipinski definition) is 3. The zero-order valence-electron chi connectivity index (χ0n) is 14.0. The average Bonchev–Trinajstić information content (AvgIpc) is 2.64. The van der Waals surface area contributed by atoms with Gasteiger partial charge in [-0.25, -0.2) is 5.43 Å². The first-order chi connectivity index (χ1) is 12.5. The van der Waals surface area contributed by atoms with Gasteiger partial charge in [0, 0.05) is 5.69 Å². The quantitative estimate of drug-likeness (QED) is 0.410. The molecule has 2 aromatic carbocycles. The number of rotatable bonds is 6. The van der Waals surface area contributed by atoms with Crippen molar-refractivity contribution in [3.05, 3.63) is 53.1 Å². The maximum absolute atomic E-state index is 11.8. The second-order valence-electron chi connectivity index (χ2n) is 5.24. The second kappa shape index (κ2) is 9.43. The van der Waals surface area contributed by atoms with Crippen molar-refractivity contribution in [1.29, 1.82) is 0 Å². The van der Waals surface area contributed by atoms with Gasteiger partial charge in [-0.15, -0.1) is 0 Å². The topological polar surface area (TPSA) is 100 Å². The Hall–Kier alpha value is -3.06. The lowest BCUT2D eigenvalue weighted by atomic mass is 10.2. The SMILES string of the molecule is CCCOc1ccc(NC(=O)C(=O)N/N=C\c2ccc(O)c(Cl)c2)cc1. The van der Waals surface area contributed by atoms with Crippen molar-refractivity contribution in [2.75, 3.05) is 11.9 Å². The van der Waals surface area contributed by atoms with Crippen LogP contribution in [0, 0.1) is 0 Å². The van der Waals surface area contributed by atoms with Gasteiger partial charge >= 0.3 is 11.8 Å². The Labute approximate surface area is 155 Å². The van der Waals surface area contributed by atoms with Gasteiger partial charge in [-0.1, -0.05) is 18.5 Å². The van der Waals surface area contributed by atoms with Crippen LogP contribution >= 0.6 is 11.6 Å². The summed E-state index contributed by atoms with van der Waals surface area (Å²) in [5.74, 6) is -1.14. The number of carbonyl (C=O) groups is 2. The van der Waals surface area contributed by atoms with Crippen molar-refractivity contribution in [3.63, 3.8) is 0 Å². The molecule has 2 rings (SSSR count). The first kappa shape index (κ1) is 19.3. The molecule has 0 saturated carbocycles. The highest BCUT2D eigenvalue weighted by Crippen LogP contribution is 2.22. The molecule has 7 nitrogen and oxygen atoms in total. The molecule has 136 valence electrons. The number of ether oxygens (including phenoxy) is 1. The summed E-state index contributed by atoms with van der Waals surface area (Å²) in [6.07, 6.45) is 2.20. The number of phenolic OH excluding ortho intramolecular Hbond substituents is 1. The molecule has 0 unspecified atom stereocenters. The molecule has 0 spiro atoms. The van der Waals surface area contributed by atoms with Crippen molar-refractivity contribution in [3.8, 4) is 11.5 Å². The summed E-state index contributed by atoms with van der Waals surface area (Å²) in [6.45, 7) is 2.62. The lowest BCUT2D eigenvalue weighted by Gasteiger charge is -2.07. The fourth-order valence-corrected chi connectivity index (χ4v) is 2.05. The minimum Gasteiger partial charge on any atom is -0.506 e. The Morgan fingerprint density at radius 3 is 2.58 bits per heavy atom. The monoisotopic (exact) mass is 375 g/mol.